The maximum absolute atomic E-state index is 11.3. The van der Waals surface area contributed by atoms with Gasteiger partial charge in [-0.05, 0) is 26.0 Å². The van der Waals surface area contributed by atoms with Crippen molar-refractivity contribution in [3.63, 3.8) is 0 Å². The predicted molar refractivity (Wildman–Crippen MR) is 70.2 cm³/mol. The molecule has 0 amide bonds. The van der Waals surface area contributed by atoms with Crippen LogP contribution in [0.3, 0.4) is 0 Å². The first kappa shape index (κ1) is 13.0. The van der Waals surface area contributed by atoms with E-state index in [0.717, 1.165) is 11.3 Å². The zero-order chi connectivity index (χ0) is 13.2. The molecule has 0 aliphatic rings. The van der Waals surface area contributed by atoms with E-state index in [1.807, 2.05) is 19.1 Å². The van der Waals surface area contributed by atoms with Crippen LogP contribution in [0.15, 0.2) is 23.7 Å². The lowest BCUT2D eigenvalue weighted by atomic mass is 10.3. The van der Waals surface area contributed by atoms with Gasteiger partial charge in [0.05, 0.1) is 11.1 Å². The lowest BCUT2D eigenvalue weighted by molar-refractivity contribution is 0.479. The Balaban J connectivity index is 2.23. The van der Waals surface area contributed by atoms with Crippen molar-refractivity contribution in [1.82, 2.24) is 9.97 Å². The molecular formula is C11H12N2O3S2. The van der Waals surface area contributed by atoms with Gasteiger partial charge in [0.2, 0.25) is 5.88 Å². The van der Waals surface area contributed by atoms with Crippen LogP contribution in [0.2, 0.25) is 0 Å². The summed E-state index contributed by atoms with van der Waals surface area (Å²) in [5.41, 5.74) is 1.76. The van der Waals surface area contributed by atoms with Gasteiger partial charge in [-0.3, -0.25) is 4.98 Å². The van der Waals surface area contributed by atoms with Gasteiger partial charge in [-0.15, -0.1) is 11.3 Å². The van der Waals surface area contributed by atoms with E-state index < -0.39 is 10.1 Å². The largest absolute Gasteiger partial charge is 0.361 e. The maximum Gasteiger partial charge on any atom is 0.310 e. The average molecular weight is 284 g/mol. The predicted octanol–water partition coefficient (Wildman–Crippen LogP) is 2.24. The Morgan fingerprint density at radius 3 is 2.78 bits per heavy atom. The molecule has 2 heterocycles. The summed E-state index contributed by atoms with van der Waals surface area (Å²) in [7, 11) is -3.52. The van der Waals surface area contributed by atoms with Crippen molar-refractivity contribution in [2.45, 2.75) is 13.8 Å². The first-order chi connectivity index (χ1) is 8.50. The minimum atomic E-state index is -3.52. The second-order valence-electron chi connectivity index (χ2n) is 3.61. The van der Waals surface area contributed by atoms with Crippen molar-refractivity contribution in [2.75, 3.05) is 5.75 Å². The maximum atomic E-state index is 11.3. The number of hydrogen-bond acceptors (Lipinski definition) is 6. The highest BCUT2D eigenvalue weighted by Gasteiger charge is 2.13. The molecule has 7 heteroatoms. The van der Waals surface area contributed by atoms with Crippen molar-refractivity contribution in [2.24, 2.45) is 0 Å². The normalized spacial score (nSPS) is 11.4. The fourth-order valence-electron chi connectivity index (χ4n) is 1.21. The summed E-state index contributed by atoms with van der Waals surface area (Å²) in [6.07, 6.45) is 1.70. The summed E-state index contributed by atoms with van der Waals surface area (Å²) in [4.78, 5) is 8.28. The average Bonchev–Trinajstić information content (AvgIpc) is 2.78. The van der Waals surface area contributed by atoms with Gasteiger partial charge in [0, 0.05) is 17.5 Å². The smallest absolute Gasteiger partial charge is 0.310 e. The van der Waals surface area contributed by atoms with Crippen LogP contribution in [0.5, 0.6) is 5.88 Å². The number of thiazole rings is 1. The molecule has 5 nitrogen and oxygen atoms in total. The minimum absolute atomic E-state index is 0.0774. The number of nitrogens with zero attached hydrogens (tertiary/aromatic N) is 2. The highest BCUT2D eigenvalue weighted by atomic mass is 32.2. The molecule has 2 aromatic rings. The summed E-state index contributed by atoms with van der Waals surface area (Å²) >= 11 is 1.32. The van der Waals surface area contributed by atoms with E-state index in [2.05, 4.69) is 9.97 Å². The van der Waals surface area contributed by atoms with Gasteiger partial charge in [-0.25, -0.2) is 4.98 Å². The van der Waals surface area contributed by atoms with E-state index in [4.69, 9.17) is 4.18 Å². The van der Waals surface area contributed by atoms with Crippen LogP contribution in [-0.2, 0) is 10.1 Å². The second-order valence-corrected chi connectivity index (χ2v) is 6.33. The zero-order valence-electron chi connectivity index (χ0n) is 9.95. The van der Waals surface area contributed by atoms with E-state index in [1.165, 1.54) is 18.3 Å². The molecule has 0 saturated carbocycles. The third kappa shape index (κ3) is 3.05. The lowest BCUT2D eigenvalue weighted by Gasteiger charge is -1.99. The standard InChI is InChI=1S/C11H12N2O3S2/c1-3-18(14,15)16-10-7-17-11(13-10)9-5-4-8(2)12-6-9/h4-7H,3H2,1-2H3. The fourth-order valence-corrected chi connectivity index (χ4v) is 2.45. The van der Waals surface area contributed by atoms with Crippen LogP contribution >= 0.6 is 11.3 Å². The van der Waals surface area contributed by atoms with Gasteiger partial charge in [-0.1, -0.05) is 0 Å². The molecule has 0 atom stereocenters. The van der Waals surface area contributed by atoms with E-state index in [9.17, 15) is 8.42 Å². The van der Waals surface area contributed by atoms with Gasteiger partial charge in [0.1, 0.15) is 5.01 Å². The first-order valence-corrected chi connectivity index (χ1v) is 7.76. The molecular weight excluding hydrogens is 272 g/mol. The lowest BCUT2D eigenvalue weighted by Crippen LogP contribution is -2.11. The van der Waals surface area contributed by atoms with Crippen LogP contribution < -0.4 is 4.18 Å². The number of rotatable bonds is 4. The molecule has 0 spiro atoms. The highest BCUT2D eigenvalue weighted by Crippen LogP contribution is 2.27. The van der Waals surface area contributed by atoms with Crippen molar-refractivity contribution >= 4 is 21.5 Å². The topological polar surface area (TPSA) is 69.2 Å². The Hall–Kier alpha value is -1.47. The van der Waals surface area contributed by atoms with Crippen molar-refractivity contribution in [3.05, 3.63) is 29.4 Å². The molecule has 2 aromatic heterocycles. The van der Waals surface area contributed by atoms with Gasteiger partial charge in [0.15, 0.2) is 0 Å². The van der Waals surface area contributed by atoms with Crippen molar-refractivity contribution < 1.29 is 12.6 Å². The molecule has 0 aliphatic heterocycles. The summed E-state index contributed by atoms with van der Waals surface area (Å²) in [6, 6.07) is 3.76. The monoisotopic (exact) mass is 284 g/mol. The Bertz CT molecular complexity index is 633. The molecule has 0 saturated heterocycles. The molecule has 0 radical (unpaired) electrons. The molecule has 2 rings (SSSR count). The molecule has 18 heavy (non-hydrogen) atoms. The quantitative estimate of drug-likeness (QED) is 0.805. The van der Waals surface area contributed by atoms with Gasteiger partial charge in [0.25, 0.3) is 0 Å². The van der Waals surface area contributed by atoms with Crippen LogP contribution in [0.1, 0.15) is 12.6 Å². The minimum Gasteiger partial charge on any atom is -0.361 e. The molecule has 0 aromatic carbocycles. The van der Waals surface area contributed by atoms with Gasteiger partial charge >= 0.3 is 10.1 Å². The molecule has 0 N–H and O–H groups in total. The molecule has 0 bridgehead atoms. The number of aryl methyl sites for hydroxylation is 1. The Morgan fingerprint density at radius 2 is 2.17 bits per heavy atom. The third-order valence-corrected chi connectivity index (χ3v) is 4.21. The Kier molecular flexibility index (Phi) is 3.63. The fraction of sp³-hybridized carbons (Fsp3) is 0.273. The second kappa shape index (κ2) is 5.03. The Morgan fingerprint density at radius 1 is 1.39 bits per heavy atom. The summed E-state index contributed by atoms with van der Waals surface area (Å²) < 4.78 is 27.4. The van der Waals surface area contributed by atoms with E-state index >= 15 is 0 Å². The number of pyridine rings is 1. The van der Waals surface area contributed by atoms with Crippen molar-refractivity contribution in [1.29, 1.82) is 0 Å². The SMILES string of the molecule is CCS(=O)(=O)Oc1csc(-c2ccc(C)nc2)n1. The zero-order valence-corrected chi connectivity index (χ0v) is 11.6. The van der Waals surface area contributed by atoms with E-state index in [-0.39, 0.29) is 11.6 Å². The molecule has 96 valence electrons. The summed E-state index contributed by atoms with van der Waals surface area (Å²) in [5, 5.41) is 2.26. The molecule has 0 fully saturated rings. The summed E-state index contributed by atoms with van der Waals surface area (Å²) in [6.45, 7) is 3.42. The Labute approximate surface area is 110 Å². The van der Waals surface area contributed by atoms with Crippen LogP contribution in [0.25, 0.3) is 10.6 Å². The molecule has 0 aliphatic carbocycles. The first-order valence-electron chi connectivity index (χ1n) is 5.31. The van der Waals surface area contributed by atoms with E-state index in [0.29, 0.717) is 5.01 Å². The summed E-state index contributed by atoms with van der Waals surface area (Å²) in [5.74, 6) is 0.0313. The van der Waals surface area contributed by atoms with E-state index in [1.54, 1.807) is 11.6 Å². The van der Waals surface area contributed by atoms with Crippen LogP contribution in [0, 0.1) is 6.92 Å². The third-order valence-electron chi connectivity index (χ3n) is 2.21. The van der Waals surface area contributed by atoms with Gasteiger partial charge in [-0.2, -0.15) is 8.42 Å². The van der Waals surface area contributed by atoms with Crippen LogP contribution in [-0.4, -0.2) is 24.1 Å². The van der Waals surface area contributed by atoms with Crippen molar-refractivity contribution in [3.8, 4) is 16.5 Å². The van der Waals surface area contributed by atoms with Crippen LogP contribution in [0.4, 0.5) is 0 Å². The highest BCUT2D eigenvalue weighted by molar-refractivity contribution is 7.87. The van der Waals surface area contributed by atoms with Gasteiger partial charge < -0.3 is 4.18 Å². The molecule has 0 unspecified atom stereocenters. The number of aromatic nitrogens is 2. The number of hydrogen-bond donors (Lipinski definition) is 0.